The molecule has 6 aromatic carbocycles. The minimum atomic E-state index is 0.603. The number of rotatable bonds is 4. The summed E-state index contributed by atoms with van der Waals surface area (Å²) in [5.41, 5.74) is 6.62. The molecular formula is C40H22N4OS2. The molecule has 0 bridgehead atoms. The van der Waals surface area contributed by atoms with Crippen LogP contribution in [0.4, 0.5) is 0 Å². The van der Waals surface area contributed by atoms with Crippen LogP contribution >= 0.6 is 22.7 Å². The van der Waals surface area contributed by atoms with Gasteiger partial charge in [0.25, 0.3) is 0 Å². The van der Waals surface area contributed by atoms with Crippen LogP contribution in [0.5, 0.6) is 0 Å². The number of thiazole rings is 1. The Hall–Kier alpha value is -5.76. The van der Waals surface area contributed by atoms with Crippen molar-refractivity contribution in [1.82, 2.24) is 19.9 Å². The van der Waals surface area contributed by atoms with Gasteiger partial charge in [0, 0.05) is 53.2 Å². The zero-order chi connectivity index (χ0) is 30.9. The van der Waals surface area contributed by atoms with Gasteiger partial charge >= 0.3 is 0 Å². The Morgan fingerprint density at radius 3 is 2.06 bits per heavy atom. The third-order valence-corrected chi connectivity index (χ3v) is 10.8. The van der Waals surface area contributed by atoms with Crippen molar-refractivity contribution in [3.63, 3.8) is 0 Å². The number of thiophene rings is 1. The van der Waals surface area contributed by atoms with Crippen LogP contribution in [0.15, 0.2) is 138 Å². The first-order valence-corrected chi connectivity index (χ1v) is 16.9. The molecule has 10 aromatic rings. The molecule has 0 saturated heterocycles. The van der Waals surface area contributed by atoms with Crippen molar-refractivity contribution in [1.29, 1.82) is 0 Å². The van der Waals surface area contributed by atoms with E-state index in [0.717, 1.165) is 60.1 Å². The number of fused-ring (bicyclic) bond motifs is 7. The standard InChI is InChI=1S/C40H22N4OS2/c1-2-9-23(10-3-1)37-42-38(24-17-19-27-26-11-4-6-14-31(26)45-32(27)21-24)44-39(43-37)29-12-8-16-34-36(29)28-20-18-25(22-35(28)46-34)40-41-30-13-5-7-15-33(30)47-40/h1-22H. The molecule has 0 aliphatic carbocycles. The van der Waals surface area contributed by atoms with Gasteiger partial charge in [0.05, 0.1) is 10.2 Å². The molecule has 0 unspecified atom stereocenters. The van der Waals surface area contributed by atoms with E-state index in [9.17, 15) is 0 Å². The van der Waals surface area contributed by atoms with E-state index in [4.69, 9.17) is 24.4 Å². The summed E-state index contributed by atoms with van der Waals surface area (Å²) in [6.07, 6.45) is 0. The first-order valence-electron chi connectivity index (χ1n) is 15.3. The fourth-order valence-electron chi connectivity index (χ4n) is 6.35. The number of hydrogen-bond donors (Lipinski definition) is 0. The largest absolute Gasteiger partial charge is 0.456 e. The van der Waals surface area contributed by atoms with E-state index in [1.54, 1.807) is 22.7 Å². The van der Waals surface area contributed by atoms with Crippen molar-refractivity contribution in [2.75, 3.05) is 0 Å². The van der Waals surface area contributed by atoms with Crippen molar-refractivity contribution in [2.24, 2.45) is 0 Å². The van der Waals surface area contributed by atoms with Gasteiger partial charge < -0.3 is 4.42 Å². The second-order valence-electron chi connectivity index (χ2n) is 11.5. The fourth-order valence-corrected chi connectivity index (χ4v) is 8.48. The summed E-state index contributed by atoms with van der Waals surface area (Å²) in [7, 11) is 0. The molecule has 0 amide bonds. The maximum absolute atomic E-state index is 6.22. The molecule has 0 aliphatic rings. The van der Waals surface area contributed by atoms with Crippen LogP contribution in [0.2, 0.25) is 0 Å². The van der Waals surface area contributed by atoms with Crippen LogP contribution in [0.25, 0.3) is 97.1 Å². The lowest BCUT2D eigenvalue weighted by atomic mass is 10.0. The van der Waals surface area contributed by atoms with E-state index in [1.165, 1.54) is 19.5 Å². The Kier molecular flexibility index (Phi) is 5.85. The molecule has 0 fully saturated rings. The van der Waals surface area contributed by atoms with Crippen LogP contribution in [0.1, 0.15) is 0 Å². The number of hydrogen-bond acceptors (Lipinski definition) is 7. The van der Waals surface area contributed by atoms with Gasteiger partial charge in [0.15, 0.2) is 17.5 Å². The van der Waals surface area contributed by atoms with Crippen molar-refractivity contribution in [2.45, 2.75) is 0 Å². The van der Waals surface area contributed by atoms with E-state index < -0.39 is 0 Å². The first kappa shape index (κ1) is 26.5. The summed E-state index contributed by atoms with van der Waals surface area (Å²) in [5, 5.41) is 5.52. The SMILES string of the molecule is c1ccc(-c2nc(-c3ccc4c(c3)oc3ccccc34)nc(-c3cccc4sc5cc(-c6nc7ccccc7s6)ccc5c34)n2)cc1. The predicted octanol–water partition coefficient (Wildman–Crippen LogP) is 11.4. The van der Waals surface area contributed by atoms with Crippen molar-refractivity contribution in [3.8, 4) is 44.7 Å². The lowest BCUT2D eigenvalue weighted by molar-refractivity contribution is 0.669. The summed E-state index contributed by atoms with van der Waals surface area (Å²) in [4.78, 5) is 20.1. The predicted molar refractivity (Wildman–Crippen MR) is 195 cm³/mol. The molecule has 0 atom stereocenters. The molecule has 10 rings (SSSR count). The first-order chi connectivity index (χ1) is 23.2. The van der Waals surface area contributed by atoms with Gasteiger partial charge in [0.2, 0.25) is 0 Å². The third kappa shape index (κ3) is 4.35. The topological polar surface area (TPSA) is 64.7 Å². The molecule has 4 aromatic heterocycles. The van der Waals surface area contributed by atoms with Crippen LogP contribution in [0, 0.1) is 0 Å². The summed E-state index contributed by atoms with van der Waals surface area (Å²) in [6, 6.07) is 45.8. The molecule has 220 valence electrons. The molecule has 7 heteroatoms. The molecular weight excluding hydrogens is 617 g/mol. The third-order valence-electron chi connectivity index (χ3n) is 8.58. The molecule has 0 spiro atoms. The summed E-state index contributed by atoms with van der Waals surface area (Å²) < 4.78 is 9.81. The van der Waals surface area contributed by atoms with Crippen LogP contribution in [-0.2, 0) is 0 Å². The number of furan rings is 1. The summed E-state index contributed by atoms with van der Waals surface area (Å²) in [5.74, 6) is 1.87. The van der Waals surface area contributed by atoms with E-state index in [0.29, 0.717) is 17.5 Å². The van der Waals surface area contributed by atoms with Gasteiger partial charge in [-0.2, -0.15) is 0 Å². The zero-order valence-corrected chi connectivity index (χ0v) is 26.3. The highest BCUT2D eigenvalue weighted by molar-refractivity contribution is 7.26. The van der Waals surface area contributed by atoms with E-state index in [2.05, 4.69) is 72.8 Å². The summed E-state index contributed by atoms with van der Waals surface area (Å²) in [6.45, 7) is 0. The van der Waals surface area contributed by atoms with Gasteiger partial charge in [-0.1, -0.05) is 91.0 Å². The highest BCUT2D eigenvalue weighted by Crippen LogP contribution is 2.42. The van der Waals surface area contributed by atoms with Crippen molar-refractivity contribution < 1.29 is 4.42 Å². The van der Waals surface area contributed by atoms with E-state index in [-0.39, 0.29) is 0 Å². The molecule has 0 saturated carbocycles. The van der Waals surface area contributed by atoms with Gasteiger partial charge in [0.1, 0.15) is 16.2 Å². The fraction of sp³-hybridized carbons (Fsp3) is 0. The molecule has 0 N–H and O–H groups in total. The molecule has 4 heterocycles. The van der Waals surface area contributed by atoms with Gasteiger partial charge in [-0.05, 0) is 42.5 Å². The maximum Gasteiger partial charge on any atom is 0.164 e. The minimum absolute atomic E-state index is 0.603. The number of nitrogens with zero attached hydrogens (tertiary/aromatic N) is 4. The minimum Gasteiger partial charge on any atom is -0.456 e. The second kappa shape index (κ2) is 10.4. The Morgan fingerprint density at radius 1 is 0.426 bits per heavy atom. The van der Waals surface area contributed by atoms with Gasteiger partial charge in [-0.25, -0.2) is 19.9 Å². The number of para-hydroxylation sites is 2. The molecule has 0 aliphatic heterocycles. The number of aromatic nitrogens is 4. The van der Waals surface area contributed by atoms with Crippen LogP contribution in [-0.4, -0.2) is 19.9 Å². The number of benzene rings is 6. The molecule has 5 nitrogen and oxygen atoms in total. The van der Waals surface area contributed by atoms with Crippen molar-refractivity contribution >= 4 is 75.0 Å². The molecule has 0 radical (unpaired) electrons. The maximum atomic E-state index is 6.22. The molecule has 47 heavy (non-hydrogen) atoms. The van der Waals surface area contributed by atoms with Crippen LogP contribution < -0.4 is 0 Å². The smallest absolute Gasteiger partial charge is 0.164 e. The summed E-state index contributed by atoms with van der Waals surface area (Å²) >= 11 is 3.51. The average Bonchev–Trinajstić information content (AvgIpc) is 3.84. The average molecular weight is 639 g/mol. The van der Waals surface area contributed by atoms with Gasteiger partial charge in [-0.3, -0.25) is 0 Å². The Bertz CT molecular complexity index is 2780. The normalized spacial score (nSPS) is 11.8. The second-order valence-corrected chi connectivity index (χ2v) is 13.6. The Morgan fingerprint density at radius 2 is 1.15 bits per heavy atom. The van der Waals surface area contributed by atoms with Crippen molar-refractivity contribution in [3.05, 3.63) is 133 Å². The lowest BCUT2D eigenvalue weighted by Crippen LogP contribution is -2.00. The van der Waals surface area contributed by atoms with Gasteiger partial charge in [-0.15, -0.1) is 22.7 Å². The van der Waals surface area contributed by atoms with E-state index in [1.807, 2.05) is 60.7 Å². The lowest BCUT2D eigenvalue weighted by Gasteiger charge is -2.09. The quantitative estimate of drug-likeness (QED) is 0.192. The zero-order valence-electron chi connectivity index (χ0n) is 24.7. The Labute approximate surface area is 276 Å². The Balaban J connectivity index is 1.16. The highest BCUT2D eigenvalue weighted by atomic mass is 32.1. The monoisotopic (exact) mass is 638 g/mol. The van der Waals surface area contributed by atoms with E-state index >= 15 is 0 Å². The highest BCUT2D eigenvalue weighted by Gasteiger charge is 2.18. The van der Waals surface area contributed by atoms with Crippen LogP contribution in [0.3, 0.4) is 0 Å².